The molecule has 1 heterocycles. The number of hydrogen-bond donors (Lipinski definition) is 1. The molecule has 1 atom stereocenters. The van der Waals surface area contributed by atoms with Crippen LogP contribution in [-0.2, 0) is 6.42 Å². The number of ether oxygens (including phenoxy) is 2. The van der Waals surface area contributed by atoms with Crippen molar-refractivity contribution in [3.8, 4) is 11.5 Å². The third kappa shape index (κ3) is 3.51. The number of furan rings is 1. The lowest BCUT2D eigenvalue weighted by atomic mass is 10.0. The molecule has 0 fully saturated rings. The molecule has 1 aromatic carbocycles. The molecule has 0 saturated carbocycles. The monoisotopic (exact) mass is 262 g/mol. The van der Waals surface area contributed by atoms with Crippen molar-refractivity contribution in [1.29, 1.82) is 0 Å². The minimum atomic E-state index is -0.575. The Bertz CT molecular complexity index is 483. The Morgan fingerprint density at radius 3 is 2.37 bits per heavy atom. The Morgan fingerprint density at radius 1 is 1.16 bits per heavy atom. The van der Waals surface area contributed by atoms with E-state index in [1.807, 2.05) is 24.3 Å². The highest BCUT2D eigenvalue weighted by Crippen LogP contribution is 2.28. The number of aliphatic hydroxyl groups is 1. The van der Waals surface area contributed by atoms with Crippen molar-refractivity contribution >= 4 is 0 Å². The van der Waals surface area contributed by atoms with Crippen LogP contribution in [0.4, 0.5) is 0 Å². The molecular formula is C15H18O4. The quantitative estimate of drug-likeness (QED) is 0.869. The molecule has 1 unspecified atom stereocenters. The summed E-state index contributed by atoms with van der Waals surface area (Å²) in [5.41, 5.74) is 0.780. The Balaban J connectivity index is 2.07. The summed E-state index contributed by atoms with van der Waals surface area (Å²) in [6.07, 6.45) is 2.34. The van der Waals surface area contributed by atoms with Crippen LogP contribution in [0.25, 0.3) is 0 Å². The first-order valence-electron chi connectivity index (χ1n) is 6.16. The van der Waals surface area contributed by atoms with Gasteiger partial charge in [-0.05, 0) is 36.2 Å². The van der Waals surface area contributed by atoms with E-state index in [1.165, 1.54) is 0 Å². The van der Waals surface area contributed by atoms with Gasteiger partial charge in [0.1, 0.15) is 17.3 Å². The number of aliphatic hydroxyl groups excluding tert-OH is 1. The summed E-state index contributed by atoms with van der Waals surface area (Å²) in [6, 6.07) is 9.16. The first kappa shape index (κ1) is 13.5. The summed E-state index contributed by atoms with van der Waals surface area (Å²) >= 11 is 0. The van der Waals surface area contributed by atoms with E-state index in [9.17, 15) is 5.11 Å². The fourth-order valence-corrected chi connectivity index (χ4v) is 1.92. The summed E-state index contributed by atoms with van der Waals surface area (Å²) in [7, 11) is 3.18. The lowest BCUT2D eigenvalue weighted by Crippen LogP contribution is -2.00. The molecule has 4 nitrogen and oxygen atoms in total. The first-order chi connectivity index (χ1) is 9.22. The zero-order valence-electron chi connectivity index (χ0n) is 11.1. The molecule has 0 spiro atoms. The lowest BCUT2D eigenvalue weighted by molar-refractivity contribution is 0.164. The van der Waals surface area contributed by atoms with Crippen LogP contribution in [0.2, 0.25) is 0 Å². The van der Waals surface area contributed by atoms with Gasteiger partial charge in [0.05, 0.1) is 26.6 Å². The molecule has 0 saturated heterocycles. The molecule has 0 aliphatic heterocycles. The Kier molecular flexibility index (Phi) is 4.47. The normalized spacial score (nSPS) is 12.2. The largest absolute Gasteiger partial charge is 0.497 e. The van der Waals surface area contributed by atoms with Crippen LogP contribution >= 0.6 is 0 Å². The standard InChI is InChI=1S/C15H18O4/c1-17-13-8-11(9-14(10-13)18-2)15(16)6-5-12-4-3-7-19-12/h3-4,7-10,15-16H,5-6H2,1-2H3. The summed E-state index contributed by atoms with van der Waals surface area (Å²) < 4.78 is 15.6. The van der Waals surface area contributed by atoms with E-state index in [1.54, 1.807) is 26.5 Å². The molecule has 0 amide bonds. The molecule has 2 rings (SSSR count). The smallest absolute Gasteiger partial charge is 0.122 e. The third-order valence-electron chi connectivity index (χ3n) is 3.00. The van der Waals surface area contributed by atoms with Crippen molar-refractivity contribution in [2.45, 2.75) is 18.9 Å². The van der Waals surface area contributed by atoms with E-state index < -0.39 is 6.10 Å². The number of benzene rings is 1. The van der Waals surface area contributed by atoms with E-state index in [4.69, 9.17) is 13.9 Å². The minimum absolute atomic E-state index is 0.575. The van der Waals surface area contributed by atoms with Gasteiger partial charge in [0.25, 0.3) is 0 Å². The highest BCUT2D eigenvalue weighted by Gasteiger charge is 2.12. The van der Waals surface area contributed by atoms with Crippen molar-refractivity contribution in [1.82, 2.24) is 0 Å². The second-order valence-electron chi connectivity index (χ2n) is 4.28. The summed E-state index contributed by atoms with van der Waals surface area (Å²) in [6.45, 7) is 0. The van der Waals surface area contributed by atoms with Crippen LogP contribution in [0, 0.1) is 0 Å². The molecule has 102 valence electrons. The van der Waals surface area contributed by atoms with Crippen LogP contribution in [0.15, 0.2) is 41.0 Å². The van der Waals surface area contributed by atoms with Crippen LogP contribution in [0.5, 0.6) is 11.5 Å². The second-order valence-corrected chi connectivity index (χ2v) is 4.28. The van der Waals surface area contributed by atoms with Gasteiger partial charge in [0.15, 0.2) is 0 Å². The summed E-state index contributed by atoms with van der Waals surface area (Å²) in [4.78, 5) is 0. The van der Waals surface area contributed by atoms with E-state index in [2.05, 4.69) is 0 Å². The zero-order chi connectivity index (χ0) is 13.7. The highest BCUT2D eigenvalue weighted by atomic mass is 16.5. The average Bonchev–Trinajstić information content (AvgIpc) is 2.97. The van der Waals surface area contributed by atoms with Gasteiger partial charge in [-0.3, -0.25) is 0 Å². The van der Waals surface area contributed by atoms with Gasteiger partial charge in [-0.2, -0.15) is 0 Å². The number of rotatable bonds is 6. The molecule has 0 aliphatic carbocycles. The molecule has 2 aromatic rings. The lowest BCUT2D eigenvalue weighted by Gasteiger charge is -2.13. The van der Waals surface area contributed by atoms with Gasteiger partial charge in [-0.15, -0.1) is 0 Å². The van der Waals surface area contributed by atoms with E-state index in [-0.39, 0.29) is 0 Å². The van der Waals surface area contributed by atoms with E-state index in [0.29, 0.717) is 24.3 Å². The fourth-order valence-electron chi connectivity index (χ4n) is 1.92. The Morgan fingerprint density at radius 2 is 1.84 bits per heavy atom. The van der Waals surface area contributed by atoms with Gasteiger partial charge in [-0.25, -0.2) is 0 Å². The molecule has 1 aromatic heterocycles. The predicted octanol–water partition coefficient (Wildman–Crippen LogP) is 2.96. The summed E-state index contributed by atoms with van der Waals surface area (Å²) in [5, 5.41) is 10.2. The van der Waals surface area contributed by atoms with Gasteiger partial charge in [0, 0.05) is 12.5 Å². The molecule has 1 N–H and O–H groups in total. The van der Waals surface area contributed by atoms with Crippen LogP contribution < -0.4 is 9.47 Å². The molecular weight excluding hydrogens is 244 g/mol. The highest BCUT2D eigenvalue weighted by molar-refractivity contribution is 5.39. The molecule has 19 heavy (non-hydrogen) atoms. The van der Waals surface area contributed by atoms with Crippen molar-refractivity contribution < 1.29 is 19.0 Å². The third-order valence-corrected chi connectivity index (χ3v) is 3.00. The minimum Gasteiger partial charge on any atom is -0.497 e. The molecule has 0 aliphatic rings. The maximum Gasteiger partial charge on any atom is 0.122 e. The SMILES string of the molecule is COc1cc(OC)cc(C(O)CCc2ccco2)c1. The van der Waals surface area contributed by atoms with Gasteiger partial charge < -0.3 is 19.0 Å². The number of hydrogen-bond acceptors (Lipinski definition) is 4. The van der Waals surface area contributed by atoms with Crippen molar-refractivity contribution in [2.24, 2.45) is 0 Å². The maximum atomic E-state index is 10.2. The Hall–Kier alpha value is -1.94. The fraction of sp³-hybridized carbons (Fsp3) is 0.333. The van der Waals surface area contributed by atoms with Gasteiger partial charge >= 0.3 is 0 Å². The topological polar surface area (TPSA) is 51.8 Å². The molecule has 0 bridgehead atoms. The van der Waals surface area contributed by atoms with Crippen molar-refractivity contribution in [3.63, 3.8) is 0 Å². The zero-order valence-corrected chi connectivity index (χ0v) is 11.1. The number of methoxy groups -OCH3 is 2. The second kappa shape index (κ2) is 6.29. The maximum absolute atomic E-state index is 10.2. The van der Waals surface area contributed by atoms with Crippen molar-refractivity contribution in [3.05, 3.63) is 47.9 Å². The van der Waals surface area contributed by atoms with Gasteiger partial charge in [0.2, 0.25) is 0 Å². The Labute approximate surface area is 112 Å². The van der Waals surface area contributed by atoms with Crippen LogP contribution in [0.3, 0.4) is 0 Å². The molecule has 0 radical (unpaired) electrons. The predicted molar refractivity (Wildman–Crippen MR) is 71.5 cm³/mol. The van der Waals surface area contributed by atoms with Gasteiger partial charge in [-0.1, -0.05) is 0 Å². The van der Waals surface area contributed by atoms with E-state index in [0.717, 1.165) is 11.3 Å². The van der Waals surface area contributed by atoms with Crippen LogP contribution in [0.1, 0.15) is 23.8 Å². The first-order valence-corrected chi connectivity index (χ1v) is 6.16. The summed E-state index contributed by atoms with van der Waals surface area (Å²) in [5.74, 6) is 2.21. The number of aryl methyl sites for hydroxylation is 1. The van der Waals surface area contributed by atoms with Crippen molar-refractivity contribution in [2.75, 3.05) is 14.2 Å². The average molecular weight is 262 g/mol. The molecule has 4 heteroatoms. The van der Waals surface area contributed by atoms with E-state index >= 15 is 0 Å². The van der Waals surface area contributed by atoms with Crippen LogP contribution in [-0.4, -0.2) is 19.3 Å².